The van der Waals surface area contributed by atoms with E-state index in [0.29, 0.717) is 10.7 Å². The molecule has 6 rings (SSSR count). The second kappa shape index (κ2) is 7.26. The third-order valence-corrected chi connectivity index (χ3v) is 7.61. The van der Waals surface area contributed by atoms with Gasteiger partial charge in [-0.25, -0.2) is 0 Å². The molecule has 3 aliphatic rings. The second-order valence-corrected chi connectivity index (χ2v) is 9.24. The number of hydrogen-bond acceptors (Lipinski definition) is 4. The van der Waals surface area contributed by atoms with Crippen LogP contribution < -0.4 is 5.32 Å². The normalized spacial score (nSPS) is 28.5. The Hall–Kier alpha value is -3.02. The first-order valence-corrected chi connectivity index (χ1v) is 11.4. The maximum Gasteiger partial charge on any atom is 0.250 e. The van der Waals surface area contributed by atoms with Gasteiger partial charge in [-0.05, 0) is 55.3 Å². The number of carbonyl (C=O) groups excluding carboxylic acids is 2. The second-order valence-electron chi connectivity index (χ2n) is 8.80. The van der Waals surface area contributed by atoms with Crippen molar-refractivity contribution in [3.8, 4) is 0 Å². The first-order valence-electron chi connectivity index (χ1n) is 11.0. The van der Waals surface area contributed by atoms with E-state index in [4.69, 9.17) is 11.6 Å². The van der Waals surface area contributed by atoms with Gasteiger partial charge in [-0.3, -0.25) is 19.5 Å². The SMILES string of the molecule is O=C(c1ccccn1)C1[C@@H](c2ccc(Cl)cc2)C2CCCN2[C@@]12C(=O)Nc1ccccc12. The highest BCUT2D eigenvalue weighted by atomic mass is 35.5. The largest absolute Gasteiger partial charge is 0.324 e. The van der Waals surface area contributed by atoms with Gasteiger partial charge in [-0.1, -0.05) is 48.0 Å². The summed E-state index contributed by atoms with van der Waals surface area (Å²) in [5.74, 6) is -0.933. The van der Waals surface area contributed by atoms with Crippen LogP contribution in [-0.4, -0.2) is 34.2 Å². The zero-order chi connectivity index (χ0) is 21.9. The van der Waals surface area contributed by atoms with Crippen molar-refractivity contribution >= 4 is 29.0 Å². The van der Waals surface area contributed by atoms with Crippen LogP contribution in [0.15, 0.2) is 72.9 Å². The molecule has 160 valence electrons. The summed E-state index contributed by atoms with van der Waals surface area (Å²) >= 11 is 6.18. The molecule has 1 spiro atoms. The molecule has 0 saturated carbocycles. The summed E-state index contributed by atoms with van der Waals surface area (Å²) in [4.78, 5) is 34.6. The van der Waals surface area contributed by atoms with Crippen molar-refractivity contribution in [1.82, 2.24) is 9.88 Å². The molecule has 5 nitrogen and oxygen atoms in total. The zero-order valence-electron chi connectivity index (χ0n) is 17.4. The molecule has 2 saturated heterocycles. The number of benzene rings is 2. The maximum absolute atomic E-state index is 14.2. The molecule has 4 heterocycles. The van der Waals surface area contributed by atoms with Crippen molar-refractivity contribution < 1.29 is 9.59 Å². The first kappa shape index (κ1) is 19.6. The minimum Gasteiger partial charge on any atom is -0.324 e. The van der Waals surface area contributed by atoms with Gasteiger partial charge in [-0.15, -0.1) is 0 Å². The molecule has 2 aromatic carbocycles. The fourth-order valence-corrected chi connectivity index (χ4v) is 6.37. The van der Waals surface area contributed by atoms with Crippen molar-refractivity contribution in [1.29, 1.82) is 0 Å². The molecule has 6 heteroatoms. The lowest BCUT2D eigenvalue weighted by atomic mass is 9.69. The molecule has 3 aliphatic heterocycles. The molecule has 2 fully saturated rings. The number of carbonyl (C=O) groups is 2. The minimum absolute atomic E-state index is 0.0887. The van der Waals surface area contributed by atoms with Crippen LogP contribution in [-0.2, 0) is 10.3 Å². The predicted octanol–water partition coefficient (Wildman–Crippen LogP) is 4.64. The van der Waals surface area contributed by atoms with Gasteiger partial charge in [0.05, 0.1) is 5.92 Å². The number of Topliss-reactive ketones (excluding diaryl/α,β-unsaturated/α-hetero) is 1. The number of rotatable bonds is 3. The highest BCUT2D eigenvalue weighted by Gasteiger charge is 2.69. The molecular weight excluding hydrogens is 422 g/mol. The summed E-state index contributed by atoms with van der Waals surface area (Å²) in [6.45, 7) is 0.780. The number of aromatic nitrogens is 1. The monoisotopic (exact) mass is 443 g/mol. The van der Waals surface area contributed by atoms with Crippen molar-refractivity contribution in [2.45, 2.75) is 30.3 Å². The van der Waals surface area contributed by atoms with Crippen LogP contribution in [0.4, 0.5) is 5.69 Å². The lowest BCUT2D eigenvalue weighted by Crippen LogP contribution is -2.53. The van der Waals surface area contributed by atoms with E-state index in [-0.39, 0.29) is 23.7 Å². The molecule has 1 N–H and O–H groups in total. The third kappa shape index (κ3) is 2.58. The molecule has 0 radical (unpaired) electrons. The van der Waals surface area contributed by atoms with E-state index in [1.165, 1.54) is 0 Å². The fourth-order valence-electron chi connectivity index (χ4n) is 6.24. The average molecular weight is 444 g/mol. The summed E-state index contributed by atoms with van der Waals surface area (Å²) in [5, 5.41) is 3.74. The lowest BCUT2D eigenvalue weighted by molar-refractivity contribution is -0.127. The Morgan fingerprint density at radius 2 is 1.84 bits per heavy atom. The van der Waals surface area contributed by atoms with Gasteiger partial charge < -0.3 is 5.32 Å². The van der Waals surface area contributed by atoms with Crippen LogP contribution in [0.3, 0.4) is 0 Å². The van der Waals surface area contributed by atoms with Crippen molar-refractivity contribution in [2.24, 2.45) is 5.92 Å². The number of pyridine rings is 1. The van der Waals surface area contributed by atoms with Crippen LogP contribution in [0, 0.1) is 5.92 Å². The van der Waals surface area contributed by atoms with Gasteiger partial charge in [0.1, 0.15) is 11.2 Å². The number of hydrogen-bond donors (Lipinski definition) is 1. The number of ketones is 1. The molecule has 1 amide bonds. The zero-order valence-corrected chi connectivity index (χ0v) is 18.1. The molecule has 1 aromatic heterocycles. The van der Waals surface area contributed by atoms with Crippen molar-refractivity contribution in [2.75, 3.05) is 11.9 Å². The minimum atomic E-state index is -1.04. The van der Waals surface area contributed by atoms with Gasteiger partial charge in [-0.2, -0.15) is 0 Å². The highest BCUT2D eigenvalue weighted by Crippen LogP contribution is 2.61. The van der Waals surface area contributed by atoms with Crippen LogP contribution >= 0.6 is 11.6 Å². The van der Waals surface area contributed by atoms with Crippen molar-refractivity contribution in [3.05, 3.63) is 94.8 Å². The third-order valence-electron chi connectivity index (χ3n) is 7.36. The van der Waals surface area contributed by atoms with E-state index in [0.717, 1.165) is 36.2 Å². The topological polar surface area (TPSA) is 62.3 Å². The Morgan fingerprint density at radius 3 is 2.62 bits per heavy atom. The first-order chi connectivity index (χ1) is 15.6. The van der Waals surface area contributed by atoms with Crippen LogP contribution in [0.2, 0.25) is 5.02 Å². The van der Waals surface area contributed by atoms with E-state index < -0.39 is 11.5 Å². The van der Waals surface area contributed by atoms with E-state index in [1.54, 1.807) is 18.3 Å². The number of nitrogens with zero attached hydrogens (tertiary/aromatic N) is 2. The molecule has 2 unspecified atom stereocenters. The maximum atomic E-state index is 14.2. The van der Waals surface area contributed by atoms with Gasteiger partial charge >= 0.3 is 0 Å². The van der Waals surface area contributed by atoms with Crippen molar-refractivity contribution in [3.63, 3.8) is 0 Å². The lowest BCUT2D eigenvalue weighted by Gasteiger charge is -2.36. The van der Waals surface area contributed by atoms with Crippen LogP contribution in [0.5, 0.6) is 0 Å². The number of para-hydroxylation sites is 1. The standard InChI is InChI=1S/C26H22ClN3O2/c27-17-12-10-16(11-13-17)22-21-9-5-15-30(21)26(18-6-1-2-7-19(18)29-25(26)32)23(22)24(31)20-8-3-4-14-28-20/h1-4,6-8,10-14,21-23H,5,9,15H2,(H,29,32)/t21?,22-,23?,26+/m0/s1. The number of nitrogens with one attached hydrogen (secondary N) is 1. The molecule has 32 heavy (non-hydrogen) atoms. The van der Waals surface area contributed by atoms with E-state index in [1.807, 2.05) is 54.6 Å². The van der Waals surface area contributed by atoms with Gasteiger partial charge in [0.25, 0.3) is 0 Å². The smallest absolute Gasteiger partial charge is 0.250 e. The Bertz CT molecular complexity index is 1210. The Kier molecular flexibility index (Phi) is 4.46. The molecule has 3 aromatic rings. The van der Waals surface area contributed by atoms with Gasteiger partial charge in [0.2, 0.25) is 5.91 Å². The quantitative estimate of drug-likeness (QED) is 0.599. The number of halogens is 1. The summed E-state index contributed by atoms with van der Waals surface area (Å²) in [6, 6.07) is 21.0. The van der Waals surface area contributed by atoms with Gasteiger partial charge in [0.15, 0.2) is 5.78 Å². The fraction of sp³-hybridized carbons (Fsp3) is 0.269. The summed E-state index contributed by atoms with van der Waals surface area (Å²) in [7, 11) is 0. The number of anilines is 1. The highest BCUT2D eigenvalue weighted by molar-refractivity contribution is 6.30. The van der Waals surface area contributed by atoms with Gasteiger partial charge in [0, 0.05) is 34.4 Å². The summed E-state index contributed by atoms with van der Waals surface area (Å²) in [6.07, 6.45) is 3.57. The van der Waals surface area contributed by atoms with E-state index in [9.17, 15) is 9.59 Å². The summed E-state index contributed by atoms with van der Waals surface area (Å²) < 4.78 is 0. The predicted molar refractivity (Wildman–Crippen MR) is 123 cm³/mol. The number of fused-ring (bicyclic) bond motifs is 4. The Labute approximate surface area is 191 Å². The molecule has 0 aliphatic carbocycles. The number of amides is 1. The van der Waals surface area contributed by atoms with Crippen LogP contribution in [0.25, 0.3) is 0 Å². The molecular formula is C26H22ClN3O2. The Morgan fingerprint density at radius 1 is 1.06 bits per heavy atom. The van der Waals surface area contributed by atoms with E-state index >= 15 is 0 Å². The average Bonchev–Trinajstić information content (AvgIpc) is 3.48. The Balaban J connectivity index is 1.62. The summed E-state index contributed by atoms with van der Waals surface area (Å²) in [5.41, 5.74) is 2.07. The van der Waals surface area contributed by atoms with Crippen LogP contribution in [0.1, 0.15) is 40.4 Å². The molecule has 4 atom stereocenters. The van der Waals surface area contributed by atoms with E-state index in [2.05, 4.69) is 15.2 Å². The molecule has 0 bridgehead atoms.